The first-order valence-corrected chi connectivity index (χ1v) is 8.41. The van der Waals surface area contributed by atoms with Gasteiger partial charge in [-0.2, -0.15) is 4.98 Å². The van der Waals surface area contributed by atoms with Crippen LogP contribution >= 0.6 is 23.2 Å². The number of para-hydroxylation sites is 1. The molecule has 0 aliphatic carbocycles. The summed E-state index contributed by atoms with van der Waals surface area (Å²) in [5.41, 5.74) is 1.55. The van der Waals surface area contributed by atoms with Crippen molar-refractivity contribution in [1.29, 1.82) is 0 Å². The molecular formula is C20H12Cl2N2O. The van der Waals surface area contributed by atoms with Crippen LogP contribution in [0.25, 0.3) is 22.3 Å². The summed E-state index contributed by atoms with van der Waals surface area (Å²) in [6, 6.07) is 22.3. The molecule has 1 heterocycles. The Morgan fingerprint density at radius 3 is 2.24 bits per heavy atom. The second-order valence-electron chi connectivity index (χ2n) is 5.41. The summed E-state index contributed by atoms with van der Waals surface area (Å²) in [6.45, 7) is 0. The summed E-state index contributed by atoms with van der Waals surface area (Å²) >= 11 is 12.2. The minimum absolute atomic E-state index is 0.475. The number of halogens is 2. The van der Waals surface area contributed by atoms with Crippen molar-refractivity contribution in [3.63, 3.8) is 0 Å². The first-order valence-electron chi connectivity index (χ1n) is 7.66. The molecule has 122 valence electrons. The molecule has 3 aromatic carbocycles. The van der Waals surface area contributed by atoms with Crippen molar-refractivity contribution in [3.05, 3.63) is 82.8 Å². The Hall–Kier alpha value is -2.62. The number of rotatable bonds is 3. The molecule has 5 heteroatoms. The Morgan fingerprint density at radius 1 is 0.720 bits per heavy atom. The van der Waals surface area contributed by atoms with Crippen LogP contribution in [-0.4, -0.2) is 9.97 Å². The third-order valence-electron chi connectivity index (χ3n) is 3.71. The number of benzene rings is 3. The lowest BCUT2D eigenvalue weighted by Gasteiger charge is -2.11. The SMILES string of the molecule is Clc1ccc(Oc2nc(-c3ccccc3Cl)nc3ccccc23)cc1. The smallest absolute Gasteiger partial charge is 0.230 e. The minimum atomic E-state index is 0.475. The molecule has 0 radical (unpaired) electrons. The highest BCUT2D eigenvalue weighted by Crippen LogP contribution is 2.32. The molecule has 0 N–H and O–H groups in total. The molecule has 0 atom stereocenters. The standard InChI is InChI=1S/C20H12Cl2N2O/c21-13-9-11-14(12-10-13)25-20-16-6-2-4-8-18(16)23-19(24-20)15-5-1-3-7-17(15)22/h1-12H. The van der Waals surface area contributed by atoms with Crippen molar-refractivity contribution >= 4 is 34.1 Å². The number of aromatic nitrogens is 2. The van der Waals surface area contributed by atoms with Gasteiger partial charge in [-0.3, -0.25) is 0 Å². The topological polar surface area (TPSA) is 35.0 Å². The summed E-state index contributed by atoms with van der Waals surface area (Å²) in [5.74, 6) is 1.65. The van der Waals surface area contributed by atoms with Crippen LogP contribution in [0.4, 0.5) is 0 Å². The van der Waals surface area contributed by atoms with E-state index in [-0.39, 0.29) is 0 Å². The van der Waals surface area contributed by atoms with Crippen molar-refractivity contribution in [3.8, 4) is 23.0 Å². The maximum absolute atomic E-state index is 6.30. The molecule has 4 rings (SSSR count). The third kappa shape index (κ3) is 3.29. The van der Waals surface area contributed by atoms with Gasteiger partial charge in [-0.1, -0.05) is 47.5 Å². The van der Waals surface area contributed by atoms with Gasteiger partial charge in [0.05, 0.1) is 15.9 Å². The fourth-order valence-corrected chi connectivity index (χ4v) is 2.85. The Balaban J connectivity index is 1.87. The van der Waals surface area contributed by atoms with E-state index < -0.39 is 0 Å². The second-order valence-corrected chi connectivity index (χ2v) is 6.25. The first-order chi connectivity index (χ1) is 12.2. The van der Waals surface area contributed by atoms with Gasteiger partial charge in [-0.15, -0.1) is 0 Å². The normalized spacial score (nSPS) is 10.8. The molecule has 0 saturated carbocycles. The highest BCUT2D eigenvalue weighted by Gasteiger charge is 2.13. The van der Waals surface area contributed by atoms with E-state index in [0.717, 1.165) is 16.5 Å². The summed E-state index contributed by atoms with van der Waals surface area (Å²) in [7, 11) is 0. The predicted octanol–water partition coefficient (Wildman–Crippen LogP) is 6.40. The van der Waals surface area contributed by atoms with Gasteiger partial charge in [0.2, 0.25) is 5.88 Å². The van der Waals surface area contributed by atoms with Crippen molar-refractivity contribution in [2.24, 2.45) is 0 Å². The molecule has 0 fully saturated rings. The van der Waals surface area contributed by atoms with Crippen LogP contribution in [0.5, 0.6) is 11.6 Å². The van der Waals surface area contributed by atoms with Gasteiger partial charge in [0.15, 0.2) is 5.82 Å². The Bertz CT molecular complexity index is 1050. The molecule has 3 nitrogen and oxygen atoms in total. The first kappa shape index (κ1) is 15.9. The van der Waals surface area contributed by atoms with Crippen LogP contribution in [0, 0.1) is 0 Å². The van der Waals surface area contributed by atoms with Crippen LogP contribution < -0.4 is 4.74 Å². The zero-order valence-electron chi connectivity index (χ0n) is 13.0. The maximum atomic E-state index is 6.30. The lowest BCUT2D eigenvalue weighted by molar-refractivity contribution is 0.469. The van der Waals surface area contributed by atoms with E-state index in [1.807, 2.05) is 48.5 Å². The van der Waals surface area contributed by atoms with E-state index in [4.69, 9.17) is 27.9 Å². The zero-order chi connectivity index (χ0) is 17.2. The van der Waals surface area contributed by atoms with Gasteiger partial charge in [0.25, 0.3) is 0 Å². The molecular weight excluding hydrogens is 355 g/mol. The molecule has 0 saturated heterocycles. The van der Waals surface area contributed by atoms with Crippen LogP contribution in [0.2, 0.25) is 10.0 Å². The Kier molecular flexibility index (Phi) is 4.26. The molecule has 0 spiro atoms. The molecule has 0 aliphatic rings. The molecule has 25 heavy (non-hydrogen) atoms. The van der Waals surface area contributed by atoms with Gasteiger partial charge in [0, 0.05) is 10.6 Å². The Labute approximate surface area is 154 Å². The number of nitrogens with zero attached hydrogens (tertiary/aromatic N) is 2. The van der Waals surface area contributed by atoms with Gasteiger partial charge in [-0.05, 0) is 48.5 Å². The fourth-order valence-electron chi connectivity index (χ4n) is 2.50. The van der Waals surface area contributed by atoms with Crippen molar-refractivity contribution in [1.82, 2.24) is 9.97 Å². The van der Waals surface area contributed by atoms with Crippen LogP contribution in [0.3, 0.4) is 0 Å². The predicted molar refractivity (Wildman–Crippen MR) is 102 cm³/mol. The van der Waals surface area contributed by atoms with E-state index >= 15 is 0 Å². The zero-order valence-corrected chi connectivity index (χ0v) is 14.5. The van der Waals surface area contributed by atoms with Crippen molar-refractivity contribution < 1.29 is 4.74 Å². The third-order valence-corrected chi connectivity index (χ3v) is 4.29. The van der Waals surface area contributed by atoms with E-state index in [2.05, 4.69) is 9.97 Å². The highest BCUT2D eigenvalue weighted by molar-refractivity contribution is 6.33. The molecule has 4 aromatic rings. The average Bonchev–Trinajstić information content (AvgIpc) is 2.64. The van der Waals surface area contributed by atoms with E-state index in [1.165, 1.54) is 0 Å². The molecule has 1 aromatic heterocycles. The lowest BCUT2D eigenvalue weighted by atomic mass is 10.2. The summed E-state index contributed by atoms with van der Waals surface area (Å²) in [6.07, 6.45) is 0. The quantitative estimate of drug-likeness (QED) is 0.420. The van der Waals surface area contributed by atoms with Crippen LogP contribution in [0.1, 0.15) is 0 Å². The molecule has 0 amide bonds. The number of hydrogen-bond donors (Lipinski definition) is 0. The summed E-state index contributed by atoms with van der Waals surface area (Å²) in [4.78, 5) is 9.22. The van der Waals surface area contributed by atoms with Gasteiger partial charge in [-0.25, -0.2) is 4.98 Å². The van der Waals surface area contributed by atoms with Gasteiger partial charge in [0.1, 0.15) is 5.75 Å². The summed E-state index contributed by atoms with van der Waals surface area (Å²) in [5, 5.41) is 2.07. The largest absolute Gasteiger partial charge is 0.438 e. The molecule has 0 bridgehead atoms. The highest BCUT2D eigenvalue weighted by atomic mass is 35.5. The van der Waals surface area contributed by atoms with Crippen molar-refractivity contribution in [2.75, 3.05) is 0 Å². The molecule has 0 aliphatic heterocycles. The number of hydrogen-bond acceptors (Lipinski definition) is 3. The maximum Gasteiger partial charge on any atom is 0.230 e. The van der Waals surface area contributed by atoms with E-state index in [0.29, 0.717) is 27.5 Å². The van der Waals surface area contributed by atoms with Gasteiger partial charge >= 0.3 is 0 Å². The fraction of sp³-hybridized carbons (Fsp3) is 0. The van der Waals surface area contributed by atoms with Crippen molar-refractivity contribution in [2.45, 2.75) is 0 Å². The monoisotopic (exact) mass is 366 g/mol. The lowest BCUT2D eigenvalue weighted by Crippen LogP contribution is -1.96. The average molecular weight is 367 g/mol. The number of ether oxygens (including phenoxy) is 1. The minimum Gasteiger partial charge on any atom is -0.438 e. The Morgan fingerprint density at radius 2 is 1.44 bits per heavy atom. The van der Waals surface area contributed by atoms with E-state index in [9.17, 15) is 0 Å². The second kappa shape index (κ2) is 6.71. The summed E-state index contributed by atoms with van der Waals surface area (Å²) < 4.78 is 6.00. The van der Waals surface area contributed by atoms with Crippen LogP contribution in [0.15, 0.2) is 72.8 Å². The number of fused-ring (bicyclic) bond motifs is 1. The van der Waals surface area contributed by atoms with E-state index in [1.54, 1.807) is 24.3 Å². The molecule has 0 unspecified atom stereocenters. The van der Waals surface area contributed by atoms with Gasteiger partial charge < -0.3 is 4.74 Å². The van der Waals surface area contributed by atoms with Crippen LogP contribution in [-0.2, 0) is 0 Å².